The highest BCUT2D eigenvalue weighted by molar-refractivity contribution is 7.10. The molecule has 0 spiro atoms. The molecule has 4 nitrogen and oxygen atoms in total. The van der Waals surface area contributed by atoms with Gasteiger partial charge >= 0.3 is 0 Å². The van der Waals surface area contributed by atoms with Crippen LogP contribution < -0.4 is 5.32 Å². The molecule has 3 rings (SSSR count). The van der Waals surface area contributed by atoms with Crippen LogP contribution in [0.25, 0.3) is 0 Å². The molecule has 1 aliphatic carbocycles. The zero-order valence-electron chi connectivity index (χ0n) is 10.8. The van der Waals surface area contributed by atoms with E-state index >= 15 is 0 Å². The summed E-state index contributed by atoms with van der Waals surface area (Å²) in [6.07, 6.45) is 2.48. The van der Waals surface area contributed by atoms with E-state index in [-0.39, 0.29) is 5.91 Å². The van der Waals surface area contributed by atoms with Gasteiger partial charge in [0, 0.05) is 36.5 Å². The van der Waals surface area contributed by atoms with Crippen LogP contribution in [-0.4, -0.2) is 41.0 Å². The zero-order valence-corrected chi connectivity index (χ0v) is 11.7. The highest BCUT2D eigenvalue weighted by Crippen LogP contribution is 2.41. The third-order valence-corrected chi connectivity index (χ3v) is 4.52. The van der Waals surface area contributed by atoms with Crippen molar-refractivity contribution in [1.82, 2.24) is 15.2 Å². The maximum atomic E-state index is 12.4. The van der Waals surface area contributed by atoms with E-state index in [1.165, 1.54) is 12.8 Å². The van der Waals surface area contributed by atoms with Crippen molar-refractivity contribution in [2.45, 2.75) is 44.7 Å². The van der Waals surface area contributed by atoms with Gasteiger partial charge in [-0.2, -0.15) is 0 Å². The van der Waals surface area contributed by atoms with Gasteiger partial charge in [0.1, 0.15) is 5.69 Å². The van der Waals surface area contributed by atoms with E-state index < -0.39 is 0 Å². The highest BCUT2D eigenvalue weighted by Gasteiger charge is 2.30. The number of rotatable bonds is 2. The molecule has 1 aromatic heterocycles. The summed E-state index contributed by atoms with van der Waals surface area (Å²) in [6.45, 7) is 5.79. The predicted octanol–water partition coefficient (Wildman–Crippen LogP) is 1.84. The summed E-state index contributed by atoms with van der Waals surface area (Å²) >= 11 is 1.64. The molecule has 1 aromatic rings. The lowest BCUT2D eigenvalue weighted by molar-refractivity contribution is 0.0668. The van der Waals surface area contributed by atoms with Crippen molar-refractivity contribution in [3.63, 3.8) is 0 Å². The van der Waals surface area contributed by atoms with Gasteiger partial charge in [-0.3, -0.25) is 4.79 Å². The van der Waals surface area contributed by atoms with Gasteiger partial charge in [0.25, 0.3) is 5.91 Å². The van der Waals surface area contributed by atoms with Crippen LogP contribution in [0.15, 0.2) is 5.38 Å². The van der Waals surface area contributed by atoms with Crippen LogP contribution in [0, 0.1) is 0 Å². The molecule has 0 bridgehead atoms. The molecule has 5 heteroatoms. The fraction of sp³-hybridized carbons (Fsp3) is 0.692. The van der Waals surface area contributed by atoms with E-state index in [9.17, 15) is 4.79 Å². The van der Waals surface area contributed by atoms with Crippen molar-refractivity contribution < 1.29 is 4.79 Å². The highest BCUT2D eigenvalue weighted by atomic mass is 32.1. The Bertz CT molecular complexity index is 445. The molecule has 0 aromatic carbocycles. The number of piperazine rings is 1. The maximum Gasteiger partial charge on any atom is 0.273 e. The minimum Gasteiger partial charge on any atom is -0.334 e. The summed E-state index contributed by atoms with van der Waals surface area (Å²) in [5.41, 5.74) is 0.642. The second-order valence-corrected chi connectivity index (χ2v) is 6.41. The number of thiazole rings is 1. The van der Waals surface area contributed by atoms with Gasteiger partial charge in [0.2, 0.25) is 0 Å². The molecular weight excluding hydrogens is 246 g/mol. The van der Waals surface area contributed by atoms with Crippen LogP contribution in [0.1, 0.15) is 48.1 Å². The first kappa shape index (κ1) is 12.1. The lowest BCUT2D eigenvalue weighted by Gasteiger charge is -2.35. The number of carbonyl (C=O) groups excluding carboxylic acids is 1. The Morgan fingerprint density at radius 1 is 1.39 bits per heavy atom. The summed E-state index contributed by atoms with van der Waals surface area (Å²) in [6, 6.07) is 0.721. The molecule has 1 saturated carbocycles. The Kier molecular flexibility index (Phi) is 3.11. The van der Waals surface area contributed by atoms with Crippen LogP contribution in [-0.2, 0) is 0 Å². The van der Waals surface area contributed by atoms with E-state index in [1.807, 2.05) is 10.3 Å². The van der Waals surface area contributed by atoms with Crippen LogP contribution in [0.4, 0.5) is 0 Å². The molecule has 0 radical (unpaired) electrons. The predicted molar refractivity (Wildman–Crippen MR) is 72.1 cm³/mol. The van der Waals surface area contributed by atoms with E-state index in [0.717, 1.165) is 18.1 Å². The Labute approximate surface area is 111 Å². The Hall–Kier alpha value is -0.940. The Balaban J connectivity index is 1.72. The Morgan fingerprint density at radius 2 is 2.06 bits per heavy atom. The zero-order chi connectivity index (χ0) is 12.7. The molecule has 2 heterocycles. The summed E-state index contributed by atoms with van der Waals surface area (Å²) in [7, 11) is 0. The number of aromatic nitrogens is 1. The van der Waals surface area contributed by atoms with E-state index in [4.69, 9.17) is 0 Å². The molecule has 2 unspecified atom stereocenters. The molecule has 1 saturated heterocycles. The van der Waals surface area contributed by atoms with Crippen molar-refractivity contribution in [2.24, 2.45) is 0 Å². The number of carbonyl (C=O) groups is 1. The lowest BCUT2D eigenvalue weighted by Crippen LogP contribution is -2.55. The van der Waals surface area contributed by atoms with Crippen LogP contribution in [0.3, 0.4) is 0 Å². The van der Waals surface area contributed by atoms with Crippen LogP contribution in [0.2, 0.25) is 0 Å². The van der Waals surface area contributed by atoms with Gasteiger partial charge in [-0.15, -0.1) is 11.3 Å². The third-order valence-electron chi connectivity index (χ3n) is 3.51. The van der Waals surface area contributed by atoms with Gasteiger partial charge in [0.05, 0.1) is 5.01 Å². The topological polar surface area (TPSA) is 45.2 Å². The molecule has 2 aliphatic rings. The average Bonchev–Trinajstić information content (AvgIpc) is 3.05. The van der Waals surface area contributed by atoms with Crippen molar-refractivity contribution >= 4 is 17.2 Å². The minimum atomic E-state index is 0.0957. The monoisotopic (exact) mass is 265 g/mol. The first-order valence-corrected chi connectivity index (χ1v) is 7.52. The van der Waals surface area contributed by atoms with E-state index in [2.05, 4.69) is 24.1 Å². The van der Waals surface area contributed by atoms with E-state index in [0.29, 0.717) is 23.7 Å². The second kappa shape index (κ2) is 4.63. The van der Waals surface area contributed by atoms with Crippen molar-refractivity contribution in [3.05, 3.63) is 16.1 Å². The number of amides is 1. The number of hydrogen-bond donors (Lipinski definition) is 1. The standard InChI is InChI=1S/C13H19N3OS/c1-8-5-16(6-9(2)14-8)13(17)11-7-18-12(15-11)10-3-4-10/h7-10,14H,3-6H2,1-2H3. The van der Waals surface area contributed by atoms with E-state index in [1.54, 1.807) is 11.3 Å². The molecule has 1 amide bonds. The minimum absolute atomic E-state index is 0.0957. The fourth-order valence-electron chi connectivity index (χ4n) is 2.56. The van der Waals surface area contributed by atoms with Gasteiger partial charge in [-0.1, -0.05) is 0 Å². The molecule has 1 N–H and O–H groups in total. The molecule has 1 aliphatic heterocycles. The quantitative estimate of drug-likeness (QED) is 0.887. The smallest absolute Gasteiger partial charge is 0.273 e. The second-order valence-electron chi connectivity index (χ2n) is 5.52. The number of hydrogen-bond acceptors (Lipinski definition) is 4. The van der Waals surface area contributed by atoms with Crippen LogP contribution >= 0.6 is 11.3 Å². The fourth-order valence-corrected chi connectivity index (χ4v) is 3.52. The molecule has 98 valence electrons. The lowest BCUT2D eigenvalue weighted by atomic mass is 10.1. The largest absolute Gasteiger partial charge is 0.334 e. The van der Waals surface area contributed by atoms with Crippen molar-refractivity contribution in [1.29, 1.82) is 0 Å². The van der Waals surface area contributed by atoms with Crippen molar-refractivity contribution in [2.75, 3.05) is 13.1 Å². The Morgan fingerprint density at radius 3 is 2.67 bits per heavy atom. The SMILES string of the molecule is CC1CN(C(=O)c2csc(C3CC3)n2)CC(C)N1. The number of nitrogens with one attached hydrogen (secondary N) is 1. The van der Waals surface area contributed by atoms with Gasteiger partial charge in [-0.05, 0) is 26.7 Å². The number of nitrogens with zero attached hydrogens (tertiary/aromatic N) is 2. The van der Waals surface area contributed by atoms with Gasteiger partial charge in [-0.25, -0.2) is 4.98 Å². The van der Waals surface area contributed by atoms with Crippen molar-refractivity contribution in [3.8, 4) is 0 Å². The summed E-state index contributed by atoms with van der Waals surface area (Å²) < 4.78 is 0. The molecule has 2 atom stereocenters. The molecule has 18 heavy (non-hydrogen) atoms. The first-order chi connectivity index (χ1) is 8.63. The first-order valence-electron chi connectivity index (χ1n) is 6.64. The molecule has 2 fully saturated rings. The summed E-state index contributed by atoms with van der Waals surface area (Å²) in [5.74, 6) is 0.732. The maximum absolute atomic E-state index is 12.4. The average molecular weight is 265 g/mol. The summed E-state index contributed by atoms with van der Waals surface area (Å²) in [5, 5.41) is 6.51. The third kappa shape index (κ3) is 2.42. The molecular formula is C13H19N3OS. The summed E-state index contributed by atoms with van der Waals surface area (Å²) in [4.78, 5) is 18.8. The van der Waals surface area contributed by atoms with Gasteiger partial charge in [0.15, 0.2) is 0 Å². The van der Waals surface area contributed by atoms with Gasteiger partial charge < -0.3 is 10.2 Å². The normalized spacial score (nSPS) is 28.4. The van der Waals surface area contributed by atoms with Crippen LogP contribution in [0.5, 0.6) is 0 Å².